The van der Waals surface area contributed by atoms with Crippen LogP contribution in [0.3, 0.4) is 0 Å². The summed E-state index contributed by atoms with van der Waals surface area (Å²) in [6.45, 7) is 14.3. The van der Waals surface area contributed by atoms with Crippen LogP contribution in [-0.4, -0.2) is 43.3 Å². The first-order valence-electron chi connectivity index (χ1n) is 37.0. The van der Waals surface area contributed by atoms with Crippen LogP contribution in [0, 0.1) is 0 Å². The highest BCUT2D eigenvalue weighted by atomic mass is 32.2. The van der Waals surface area contributed by atoms with Gasteiger partial charge >= 0.3 is 0 Å². The SMILES string of the molecule is CCCCCCCCc1cc(/C=C2\SC(=S)N(CC)C2=O)sc1-c1ccc(-c2sc(-c3cc4c(s3)-c3sc(-c5cc(CCCCCCCC)c(-c6ccc(-c7sc(/C=C8\SC(=S)N(CC)C8=O)cc7CCCCCCCC)s6)s5)cc3P4(=O)c3ccccc3)cc2CCCCCCCC)s1. The van der Waals surface area contributed by atoms with E-state index >= 15 is 4.57 Å². The van der Waals surface area contributed by atoms with Gasteiger partial charge in [0.05, 0.1) is 19.6 Å². The third-order valence-electron chi connectivity index (χ3n) is 19.4. The molecule has 528 valence electrons. The van der Waals surface area contributed by atoms with Crippen LogP contribution in [0.15, 0.2) is 101 Å². The Morgan fingerprint density at radius 3 is 1.00 bits per heavy atom. The number of thiocarbonyl (C=S) groups is 2. The number of fused-ring (bicyclic) bond motifs is 3. The van der Waals surface area contributed by atoms with Crippen molar-refractivity contribution in [2.75, 3.05) is 13.1 Å². The summed E-state index contributed by atoms with van der Waals surface area (Å²) < 4.78 is 18.0. The van der Waals surface area contributed by atoms with E-state index in [1.807, 2.05) is 111 Å². The molecule has 1 aromatic carbocycles. The maximum absolute atomic E-state index is 16.7. The van der Waals surface area contributed by atoms with Gasteiger partial charge in [-0.05, 0) is 160 Å². The van der Waals surface area contributed by atoms with E-state index < -0.39 is 7.14 Å². The normalized spacial score (nSPS) is 15.2. The lowest BCUT2D eigenvalue weighted by molar-refractivity contribution is -0.122. The number of thiophene rings is 8. The Hall–Kier alpha value is -3.65. The minimum Gasteiger partial charge on any atom is -0.309 e. The van der Waals surface area contributed by atoms with Gasteiger partial charge in [-0.25, -0.2) is 0 Å². The van der Waals surface area contributed by atoms with E-state index in [-0.39, 0.29) is 11.8 Å². The second kappa shape index (κ2) is 36.6. The van der Waals surface area contributed by atoms with Crippen molar-refractivity contribution >= 4 is 194 Å². The van der Waals surface area contributed by atoms with Crippen molar-refractivity contribution in [3.63, 3.8) is 0 Å². The lowest BCUT2D eigenvalue weighted by atomic mass is 10.0. The molecule has 8 aromatic heterocycles. The average molecular weight is 1570 g/mol. The van der Waals surface area contributed by atoms with Crippen LogP contribution in [0.4, 0.5) is 0 Å². The van der Waals surface area contributed by atoms with Crippen LogP contribution in [0.1, 0.15) is 228 Å². The molecule has 12 rings (SSSR count). The quantitative estimate of drug-likeness (QED) is 0.0165. The Morgan fingerprint density at radius 1 is 0.350 bits per heavy atom. The number of amides is 2. The molecule has 3 aliphatic heterocycles. The van der Waals surface area contributed by atoms with Crippen molar-refractivity contribution in [1.29, 1.82) is 0 Å². The average Bonchev–Trinajstić information content (AvgIpc) is 1.54. The lowest BCUT2D eigenvalue weighted by Gasteiger charge is -2.13. The van der Waals surface area contributed by atoms with Crippen molar-refractivity contribution in [3.05, 3.63) is 133 Å². The van der Waals surface area contributed by atoms with Crippen molar-refractivity contribution in [2.24, 2.45) is 0 Å². The first-order valence-corrected chi connectivity index (χ1v) is 47.7. The molecule has 5 nitrogen and oxygen atoms in total. The molecule has 0 aliphatic carbocycles. The van der Waals surface area contributed by atoms with Crippen LogP contribution in [0.5, 0.6) is 0 Å². The first-order chi connectivity index (χ1) is 48.8. The van der Waals surface area contributed by atoms with Crippen LogP contribution in [0.2, 0.25) is 0 Å². The largest absolute Gasteiger partial charge is 0.309 e. The number of aryl methyl sites for hydroxylation is 4. The zero-order valence-electron chi connectivity index (χ0n) is 59.0. The maximum atomic E-state index is 16.7. The highest BCUT2D eigenvalue weighted by Gasteiger charge is 2.44. The number of rotatable bonds is 39. The van der Waals surface area contributed by atoms with Crippen LogP contribution in [0.25, 0.3) is 80.4 Å². The summed E-state index contributed by atoms with van der Waals surface area (Å²) >= 11 is 29.1. The van der Waals surface area contributed by atoms with E-state index in [0.29, 0.717) is 31.5 Å². The molecule has 9 aromatic rings. The molecule has 100 heavy (non-hydrogen) atoms. The molecule has 3 aliphatic rings. The lowest BCUT2D eigenvalue weighted by Crippen LogP contribution is -2.27. The highest BCUT2D eigenvalue weighted by Crippen LogP contribution is 2.60. The van der Waals surface area contributed by atoms with Gasteiger partial charge in [0, 0.05) is 97.3 Å². The number of carbonyl (C=O) groups is 2. The minimum atomic E-state index is -3.26. The van der Waals surface area contributed by atoms with E-state index in [4.69, 9.17) is 24.4 Å². The number of carbonyl (C=O) groups excluding carboxylic acids is 2. The molecule has 11 heterocycles. The third kappa shape index (κ3) is 17.6. The summed E-state index contributed by atoms with van der Waals surface area (Å²) in [5.74, 6) is 0.0282. The summed E-state index contributed by atoms with van der Waals surface area (Å²) in [5, 5.41) is 2.89. The number of unbranched alkanes of at least 4 members (excludes halogenated alkanes) is 20. The van der Waals surface area contributed by atoms with Crippen molar-refractivity contribution in [2.45, 2.75) is 221 Å². The Labute approximate surface area is 647 Å². The number of hydrogen-bond donors (Lipinski definition) is 0. The van der Waals surface area contributed by atoms with E-state index in [1.54, 1.807) is 9.80 Å². The monoisotopic (exact) mass is 1570 g/mol. The minimum absolute atomic E-state index is 0.0141. The Morgan fingerprint density at radius 2 is 0.660 bits per heavy atom. The van der Waals surface area contributed by atoms with Crippen LogP contribution >= 0.6 is 146 Å². The molecule has 0 spiro atoms. The van der Waals surface area contributed by atoms with Gasteiger partial charge in [-0.2, -0.15) is 0 Å². The fraction of sp³-hybridized carbons (Fsp3) is 0.439. The molecule has 0 N–H and O–H groups in total. The fourth-order valence-electron chi connectivity index (χ4n) is 13.9. The summed E-state index contributed by atoms with van der Waals surface area (Å²) in [6, 6.07) is 34.2. The molecule has 0 saturated carbocycles. The molecule has 2 saturated heterocycles. The number of hydrogen-bond acceptors (Lipinski definition) is 15. The van der Waals surface area contributed by atoms with Crippen LogP contribution < -0.4 is 15.9 Å². The van der Waals surface area contributed by atoms with Crippen molar-refractivity contribution in [3.8, 4) is 68.3 Å². The predicted octanol–water partition coefficient (Wildman–Crippen LogP) is 27.9. The maximum Gasteiger partial charge on any atom is 0.266 e. The van der Waals surface area contributed by atoms with Gasteiger partial charge in [0.2, 0.25) is 0 Å². The van der Waals surface area contributed by atoms with Crippen molar-refractivity contribution < 1.29 is 14.2 Å². The summed E-state index contributed by atoms with van der Waals surface area (Å²) in [7, 11) is -3.26. The molecule has 0 unspecified atom stereocenters. The topological polar surface area (TPSA) is 57.7 Å². The van der Waals surface area contributed by atoms with Gasteiger partial charge in [0.25, 0.3) is 11.8 Å². The summed E-state index contributed by atoms with van der Waals surface area (Å²) in [4.78, 5) is 51.8. The zero-order valence-corrected chi connectivity index (χ0v) is 69.7. The third-order valence-corrected chi connectivity index (χ3v) is 35.9. The second-order valence-corrected chi connectivity index (χ2v) is 41.4. The molecule has 0 bridgehead atoms. The van der Waals surface area contributed by atoms with E-state index in [2.05, 4.69) is 125 Å². The molecule has 2 amide bonds. The predicted molar refractivity (Wildman–Crippen MR) is 460 cm³/mol. The van der Waals surface area contributed by atoms with Gasteiger partial charge in [-0.15, -0.1) is 90.7 Å². The molecule has 2 fully saturated rings. The molecule has 0 radical (unpaired) electrons. The fourth-order valence-corrected chi connectivity index (χ4v) is 30.8. The van der Waals surface area contributed by atoms with E-state index in [1.165, 1.54) is 242 Å². The van der Waals surface area contributed by atoms with Crippen LogP contribution in [-0.2, 0) is 39.8 Å². The molecule has 18 heteroatoms. The molecule has 0 atom stereocenters. The van der Waals surface area contributed by atoms with Gasteiger partial charge in [-0.3, -0.25) is 19.4 Å². The Balaban J connectivity index is 0.883. The summed E-state index contributed by atoms with van der Waals surface area (Å²) in [6.07, 6.45) is 38.2. The second-order valence-electron chi connectivity index (χ2n) is 26.8. The van der Waals surface area contributed by atoms with Gasteiger partial charge in [0.1, 0.15) is 8.64 Å². The number of nitrogens with zero attached hydrogens (tertiary/aromatic N) is 2. The standard InChI is InChI=1S/C82H95N2O3PS12/c1-7-13-17-21-25-30-36-54-46-59(50-71-79(85)83(11-5)81(89)99-71)91-73(54)63-42-44-65(93-63)75-56(38-32-27-23-19-15-9-3)48-67(95-75)69-52-61-77(97-69)78-62(88(61,87)58-40-34-29-35-41-58)53-70(98-78)68-49-57(39-33-28-24-20-16-10-4)76(96-68)66-45-43-64(94-66)74-55(37-31-26-22-18-14-8-2)47-60(92-74)51-72-80(86)84(12-6)82(90)100-72/h29,34-35,40-53H,7-28,30-33,36-39H2,1-6H3/b71-50-,72-51-. The molecular formula is C82H95N2O3PS12. The Kier molecular flexibility index (Phi) is 27.8. The number of likely N-dealkylation sites (N-methyl/N-ethyl adjacent to an activating group) is 2. The Bertz CT molecular complexity index is 4160. The number of benzene rings is 1. The number of thioether (sulfide) groups is 2. The first kappa shape index (κ1) is 76.0. The smallest absolute Gasteiger partial charge is 0.266 e. The van der Waals surface area contributed by atoms with E-state index in [0.717, 1.165) is 77.0 Å². The van der Waals surface area contributed by atoms with Gasteiger partial charge in [-0.1, -0.05) is 234 Å². The van der Waals surface area contributed by atoms with E-state index in [9.17, 15) is 9.59 Å². The van der Waals surface area contributed by atoms with Gasteiger partial charge in [0.15, 0.2) is 7.14 Å². The molecular weight excluding hydrogens is 1480 g/mol. The zero-order chi connectivity index (χ0) is 69.7. The highest BCUT2D eigenvalue weighted by molar-refractivity contribution is 8.27. The summed E-state index contributed by atoms with van der Waals surface area (Å²) in [5.41, 5.74) is 5.59. The van der Waals surface area contributed by atoms with Crippen molar-refractivity contribution in [1.82, 2.24) is 9.80 Å². The van der Waals surface area contributed by atoms with Gasteiger partial charge < -0.3 is 4.57 Å².